The number of rotatable bonds is 5. The smallest absolute Gasteiger partial charge is 0.238 e. The van der Waals surface area contributed by atoms with Crippen LogP contribution >= 0.6 is 11.8 Å². The summed E-state index contributed by atoms with van der Waals surface area (Å²) in [6.07, 6.45) is 0. The van der Waals surface area contributed by atoms with Crippen LogP contribution in [0.1, 0.15) is 6.92 Å². The Balaban J connectivity index is 1.67. The van der Waals surface area contributed by atoms with E-state index < -0.39 is 10.0 Å². The van der Waals surface area contributed by atoms with E-state index in [2.05, 4.69) is 11.4 Å². The molecule has 1 unspecified atom stereocenters. The predicted molar refractivity (Wildman–Crippen MR) is 106 cm³/mol. The van der Waals surface area contributed by atoms with Gasteiger partial charge in [0.25, 0.3) is 0 Å². The van der Waals surface area contributed by atoms with E-state index in [1.54, 1.807) is 0 Å². The SMILES string of the molecule is CC(Sc1ccc2ccccc2c1)C(=O)Nc1ccc(S(N)(=O)=O)cc1. The second-order valence-corrected chi connectivity index (χ2v) is 8.80. The zero-order chi connectivity index (χ0) is 18.7. The summed E-state index contributed by atoms with van der Waals surface area (Å²) < 4.78 is 22.5. The highest BCUT2D eigenvalue weighted by Crippen LogP contribution is 2.27. The molecule has 0 aliphatic heterocycles. The van der Waals surface area contributed by atoms with Crippen LogP contribution in [0.5, 0.6) is 0 Å². The number of hydrogen-bond donors (Lipinski definition) is 2. The average molecular weight is 386 g/mol. The molecule has 0 fully saturated rings. The second-order valence-electron chi connectivity index (χ2n) is 5.83. The molecule has 0 bridgehead atoms. The van der Waals surface area contributed by atoms with Crippen LogP contribution in [0.4, 0.5) is 5.69 Å². The van der Waals surface area contributed by atoms with Gasteiger partial charge in [0.2, 0.25) is 15.9 Å². The summed E-state index contributed by atoms with van der Waals surface area (Å²) in [5.74, 6) is -0.161. The molecule has 3 N–H and O–H groups in total. The van der Waals surface area contributed by atoms with Crippen molar-refractivity contribution in [2.24, 2.45) is 5.14 Å². The summed E-state index contributed by atoms with van der Waals surface area (Å²) in [6, 6.07) is 19.9. The van der Waals surface area contributed by atoms with Gasteiger partial charge in [-0.25, -0.2) is 13.6 Å². The Labute approximate surface area is 156 Å². The third-order valence-corrected chi connectivity index (χ3v) is 5.88. The number of carbonyl (C=O) groups excluding carboxylic acids is 1. The number of primary sulfonamides is 1. The van der Waals surface area contributed by atoms with Crippen molar-refractivity contribution in [3.63, 3.8) is 0 Å². The first kappa shape index (κ1) is 18.4. The lowest BCUT2D eigenvalue weighted by molar-refractivity contribution is -0.115. The van der Waals surface area contributed by atoms with Crippen molar-refractivity contribution in [1.82, 2.24) is 0 Å². The van der Waals surface area contributed by atoms with E-state index in [-0.39, 0.29) is 16.1 Å². The molecule has 3 aromatic carbocycles. The van der Waals surface area contributed by atoms with E-state index in [0.717, 1.165) is 15.7 Å². The van der Waals surface area contributed by atoms with Gasteiger partial charge >= 0.3 is 0 Å². The molecule has 0 spiro atoms. The highest BCUT2D eigenvalue weighted by Gasteiger charge is 2.15. The third-order valence-electron chi connectivity index (χ3n) is 3.85. The highest BCUT2D eigenvalue weighted by atomic mass is 32.2. The molecular formula is C19H18N2O3S2. The van der Waals surface area contributed by atoms with Gasteiger partial charge in [0.1, 0.15) is 0 Å². The van der Waals surface area contributed by atoms with Crippen LogP contribution in [0, 0.1) is 0 Å². The molecule has 134 valence electrons. The fraction of sp³-hybridized carbons (Fsp3) is 0.105. The Hall–Kier alpha value is -2.35. The van der Waals surface area contributed by atoms with Gasteiger partial charge in [0.15, 0.2) is 0 Å². The summed E-state index contributed by atoms with van der Waals surface area (Å²) in [4.78, 5) is 13.4. The number of nitrogens with one attached hydrogen (secondary N) is 1. The number of hydrogen-bond acceptors (Lipinski definition) is 4. The largest absolute Gasteiger partial charge is 0.325 e. The fourth-order valence-corrected chi connectivity index (χ4v) is 3.90. The first-order chi connectivity index (χ1) is 12.3. The summed E-state index contributed by atoms with van der Waals surface area (Å²) >= 11 is 1.47. The molecule has 3 rings (SSSR count). The van der Waals surface area contributed by atoms with Crippen molar-refractivity contribution < 1.29 is 13.2 Å². The van der Waals surface area contributed by atoms with E-state index in [1.807, 2.05) is 43.3 Å². The number of carbonyl (C=O) groups is 1. The normalized spacial score (nSPS) is 12.7. The number of anilines is 1. The number of benzene rings is 3. The topological polar surface area (TPSA) is 89.3 Å². The standard InChI is InChI=1S/C19H18N2O3S2/c1-13(25-17-9-6-14-4-2-3-5-15(14)12-17)19(22)21-16-7-10-18(11-8-16)26(20,23)24/h2-13H,1H3,(H,21,22)(H2,20,23,24). The molecule has 0 radical (unpaired) electrons. The number of sulfonamides is 1. The summed E-state index contributed by atoms with van der Waals surface area (Å²) in [5.41, 5.74) is 0.522. The van der Waals surface area contributed by atoms with Crippen LogP contribution in [-0.2, 0) is 14.8 Å². The highest BCUT2D eigenvalue weighted by molar-refractivity contribution is 8.00. The van der Waals surface area contributed by atoms with Gasteiger partial charge in [-0.1, -0.05) is 30.3 Å². The molecule has 7 heteroatoms. The first-order valence-corrected chi connectivity index (χ1v) is 10.3. The van der Waals surface area contributed by atoms with Crippen LogP contribution in [0.15, 0.2) is 76.5 Å². The van der Waals surface area contributed by atoms with E-state index in [1.165, 1.54) is 36.0 Å². The molecule has 0 aromatic heterocycles. The van der Waals surface area contributed by atoms with E-state index in [4.69, 9.17) is 5.14 Å². The Morgan fingerprint density at radius 1 is 1.00 bits per heavy atom. The molecule has 0 saturated heterocycles. The van der Waals surface area contributed by atoms with Gasteiger partial charge in [-0.15, -0.1) is 11.8 Å². The Kier molecular flexibility index (Phi) is 5.31. The number of fused-ring (bicyclic) bond motifs is 1. The molecule has 0 aliphatic rings. The monoisotopic (exact) mass is 386 g/mol. The minimum absolute atomic E-state index is 0.00841. The molecule has 0 heterocycles. The van der Waals surface area contributed by atoms with Crippen LogP contribution < -0.4 is 10.5 Å². The average Bonchev–Trinajstić information content (AvgIpc) is 2.61. The maximum Gasteiger partial charge on any atom is 0.238 e. The number of amides is 1. The predicted octanol–water partition coefficient (Wildman–Crippen LogP) is 3.61. The molecule has 0 saturated carbocycles. The van der Waals surface area contributed by atoms with Crippen molar-refractivity contribution in [3.8, 4) is 0 Å². The van der Waals surface area contributed by atoms with Crippen LogP contribution in [0.25, 0.3) is 10.8 Å². The van der Waals surface area contributed by atoms with Gasteiger partial charge in [0, 0.05) is 10.6 Å². The van der Waals surface area contributed by atoms with Gasteiger partial charge < -0.3 is 5.32 Å². The lowest BCUT2D eigenvalue weighted by atomic mass is 10.1. The summed E-state index contributed by atoms with van der Waals surface area (Å²) in [5, 5.41) is 9.82. The maximum absolute atomic E-state index is 12.4. The van der Waals surface area contributed by atoms with Gasteiger partial charge in [-0.3, -0.25) is 4.79 Å². The first-order valence-electron chi connectivity index (χ1n) is 7.92. The Morgan fingerprint density at radius 2 is 1.65 bits per heavy atom. The maximum atomic E-state index is 12.4. The molecule has 5 nitrogen and oxygen atoms in total. The lowest BCUT2D eigenvalue weighted by Gasteiger charge is -2.13. The van der Waals surface area contributed by atoms with Crippen LogP contribution in [-0.4, -0.2) is 19.6 Å². The minimum atomic E-state index is -3.74. The third kappa shape index (κ3) is 4.43. The van der Waals surface area contributed by atoms with Crippen LogP contribution in [0.3, 0.4) is 0 Å². The van der Waals surface area contributed by atoms with Crippen molar-refractivity contribution in [3.05, 3.63) is 66.7 Å². The van der Waals surface area contributed by atoms with Crippen molar-refractivity contribution >= 4 is 44.2 Å². The lowest BCUT2D eigenvalue weighted by Crippen LogP contribution is -2.22. The zero-order valence-corrected chi connectivity index (χ0v) is 15.7. The van der Waals surface area contributed by atoms with E-state index >= 15 is 0 Å². The van der Waals surface area contributed by atoms with Gasteiger partial charge in [0.05, 0.1) is 10.1 Å². The molecule has 0 aliphatic carbocycles. The number of nitrogens with two attached hydrogens (primary N) is 1. The van der Waals surface area contributed by atoms with Crippen molar-refractivity contribution in [1.29, 1.82) is 0 Å². The molecule has 3 aromatic rings. The minimum Gasteiger partial charge on any atom is -0.325 e. The van der Waals surface area contributed by atoms with Crippen molar-refractivity contribution in [2.45, 2.75) is 22.0 Å². The zero-order valence-electron chi connectivity index (χ0n) is 14.0. The van der Waals surface area contributed by atoms with E-state index in [0.29, 0.717) is 5.69 Å². The quantitative estimate of drug-likeness (QED) is 0.656. The van der Waals surface area contributed by atoms with E-state index in [9.17, 15) is 13.2 Å². The van der Waals surface area contributed by atoms with Gasteiger partial charge in [-0.2, -0.15) is 0 Å². The van der Waals surface area contributed by atoms with Gasteiger partial charge in [-0.05, 0) is 54.1 Å². The van der Waals surface area contributed by atoms with Crippen molar-refractivity contribution in [2.75, 3.05) is 5.32 Å². The molecule has 1 amide bonds. The molecule has 26 heavy (non-hydrogen) atoms. The molecular weight excluding hydrogens is 368 g/mol. The fourth-order valence-electron chi connectivity index (χ4n) is 2.47. The Morgan fingerprint density at radius 3 is 2.31 bits per heavy atom. The second kappa shape index (κ2) is 7.49. The summed E-state index contributed by atoms with van der Waals surface area (Å²) in [7, 11) is -3.74. The van der Waals surface area contributed by atoms with Crippen LogP contribution in [0.2, 0.25) is 0 Å². The summed E-state index contributed by atoms with van der Waals surface area (Å²) in [6.45, 7) is 1.83. The number of thioether (sulfide) groups is 1. The Bertz CT molecular complexity index is 1050. The molecule has 1 atom stereocenters.